The van der Waals surface area contributed by atoms with E-state index in [4.69, 9.17) is 0 Å². The first-order chi connectivity index (χ1) is 21.5. The molecule has 0 radical (unpaired) electrons. The molecule has 0 bridgehead atoms. The van der Waals surface area contributed by atoms with E-state index in [9.17, 15) is 10.2 Å². The number of unbranched alkanes of at least 4 members (excludes halogenated alkanes) is 10. The van der Waals surface area contributed by atoms with Gasteiger partial charge < -0.3 is 10.2 Å². The normalized spacial score (nSPS) is 13.9. The lowest BCUT2D eigenvalue weighted by Gasteiger charge is -2.33. The van der Waals surface area contributed by atoms with Gasteiger partial charge in [-0.25, -0.2) is 0 Å². The summed E-state index contributed by atoms with van der Waals surface area (Å²) in [5, 5.41) is 20.8. The van der Waals surface area contributed by atoms with Crippen LogP contribution in [0.1, 0.15) is 126 Å². The van der Waals surface area contributed by atoms with Crippen LogP contribution in [0.3, 0.4) is 0 Å². The second-order valence-corrected chi connectivity index (χ2v) is 13.5. The molecule has 0 atom stereocenters. The molecule has 0 saturated carbocycles. The summed E-state index contributed by atoms with van der Waals surface area (Å²) in [5.74, 6) is 0.726. The zero-order chi connectivity index (χ0) is 30.5. The topological polar surface area (TPSA) is 40.5 Å². The van der Waals surface area contributed by atoms with Crippen molar-refractivity contribution in [2.24, 2.45) is 0 Å². The minimum Gasteiger partial charge on any atom is -0.508 e. The maximum Gasteiger partial charge on any atom is 0.115 e. The van der Waals surface area contributed by atoms with Crippen LogP contribution in [0.25, 0.3) is 33.4 Å². The summed E-state index contributed by atoms with van der Waals surface area (Å²) in [6, 6.07) is 26.0. The number of hydrogen-bond donors (Lipinski definition) is 2. The van der Waals surface area contributed by atoms with Gasteiger partial charge in [0.1, 0.15) is 11.5 Å². The summed E-state index contributed by atoms with van der Waals surface area (Å²) in [5.41, 5.74) is 13.0. The molecule has 0 aromatic heterocycles. The molecule has 0 spiro atoms. The smallest absolute Gasteiger partial charge is 0.115 e. The highest BCUT2D eigenvalue weighted by molar-refractivity contribution is 5.86. The average molecular weight is 587 g/mol. The van der Waals surface area contributed by atoms with Gasteiger partial charge in [-0.05, 0) is 105 Å². The monoisotopic (exact) mass is 586 g/mol. The minimum atomic E-state index is -0.0561. The Bertz CT molecular complexity index is 1580. The fourth-order valence-corrected chi connectivity index (χ4v) is 8.12. The van der Waals surface area contributed by atoms with Crippen molar-refractivity contribution >= 4 is 0 Å². The molecule has 2 N–H and O–H groups in total. The van der Waals surface area contributed by atoms with Crippen LogP contribution < -0.4 is 0 Å². The Kier molecular flexibility index (Phi) is 9.45. The Morgan fingerprint density at radius 3 is 1.57 bits per heavy atom. The van der Waals surface area contributed by atoms with Crippen LogP contribution in [0.5, 0.6) is 11.5 Å². The third kappa shape index (κ3) is 6.06. The summed E-state index contributed by atoms with van der Waals surface area (Å²) in [6.45, 7) is 4.58. The number of phenols is 2. The molecule has 0 saturated heterocycles. The van der Waals surface area contributed by atoms with Crippen LogP contribution in [-0.2, 0) is 11.8 Å². The van der Waals surface area contributed by atoms with Gasteiger partial charge in [0.25, 0.3) is 0 Å². The SMILES string of the molecule is CCCCCCCCC1(CCCCCCCC)c2cc(O)ccc2-c2ccc(-c3ccc4c(c3)Cc3cc(O)ccc3-4)cc21. The number of hydrogen-bond acceptors (Lipinski definition) is 2. The van der Waals surface area contributed by atoms with Gasteiger partial charge in [-0.1, -0.05) is 133 Å². The molecular weight excluding hydrogens is 536 g/mol. The van der Waals surface area contributed by atoms with E-state index in [2.05, 4.69) is 68.4 Å². The molecule has 2 heteroatoms. The van der Waals surface area contributed by atoms with Crippen molar-refractivity contribution in [2.45, 2.75) is 116 Å². The van der Waals surface area contributed by atoms with Crippen molar-refractivity contribution in [3.8, 4) is 44.9 Å². The molecule has 6 rings (SSSR count). The molecule has 2 nitrogen and oxygen atoms in total. The van der Waals surface area contributed by atoms with E-state index in [0.29, 0.717) is 11.5 Å². The van der Waals surface area contributed by atoms with Gasteiger partial charge in [-0.2, -0.15) is 0 Å². The van der Waals surface area contributed by atoms with Gasteiger partial charge in [-0.15, -0.1) is 0 Å². The van der Waals surface area contributed by atoms with Gasteiger partial charge in [0.15, 0.2) is 0 Å². The highest BCUT2D eigenvalue weighted by Gasteiger charge is 2.42. The third-order valence-corrected chi connectivity index (χ3v) is 10.5. The molecule has 0 aliphatic heterocycles. The third-order valence-electron chi connectivity index (χ3n) is 10.5. The van der Waals surface area contributed by atoms with Crippen LogP contribution in [0, 0.1) is 0 Å². The number of rotatable bonds is 15. The van der Waals surface area contributed by atoms with Crippen LogP contribution in [0.15, 0.2) is 72.8 Å². The number of phenolic OH excluding ortho intramolecular Hbond substituents is 2. The molecule has 4 aromatic rings. The Morgan fingerprint density at radius 2 is 0.932 bits per heavy atom. The number of aromatic hydroxyl groups is 2. The van der Waals surface area contributed by atoms with Crippen LogP contribution in [-0.4, -0.2) is 10.2 Å². The Balaban J connectivity index is 1.35. The van der Waals surface area contributed by atoms with E-state index in [1.165, 1.54) is 133 Å². The molecule has 44 heavy (non-hydrogen) atoms. The van der Waals surface area contributed by atoms with E-state index in [1.54, 1.807) is 6.07 Å². The second kappa shape index (κ2) is 13.6. The van der Waals surface area contributed by atoms with Gasteiger partial charge in [0.2, 0.25) is 0 Å². The van der Waals surface area contributed by atoms with Gasteiger partial charge in [0, 0.05) is 5.41 Å². The van der Waals surface area contributed by atoms with E-state index in [0.717, 1.165) is 19.3 Å². The Morgan fingerprint density at radius 1 is 0.477 bits per heavy atom. The fraction of sp³-hybridized carbons (Fsp3) is 0.429. The first-order valence-corrected chi connectivity index (χ1v) is 17.5. The lowest BCUT2D eigenvalue weighted by Crippen LogP contribution is -2.25. The molecule has 230 valence electrons. The van der Waals surface area contributed by atoms with Crippen molar-refractivity contribution in [2.75, 3.05) is 0 Å². The highest BCUT2D eigenvalue weighted by atomic mass is 16.3. The zero-order valence-electron chi connectivity index (χ0n) is 26.9. The van der Waals surface area contributed by atoms with Gasteiger partial charge >= 0.3 is 0 Å². The van der Waals surface area contributed by atoms with Crippen molar-refractivity contribution in [3.05, 3.63) is 95.1 Å². The van der Waals surface area contributed by atoms with Crippen LogP contribution in [0.2, 0.25) is 0 Å². The lowest BCUT2D eigenvalue weighted by molar-refractivity contribution is 0.395. The van der Waals surface area contributed by atoms with Gasteiger partial charge in [0.05, 0.1) is 0 Å². The van der Waals surface area contributed by atoms with E-state index in [1.807, 2.05) is 12.1 Å². The maximum atomic E-state index is 10.7. The standard InChI is InChI=1S/C42H50O2/c1-3-5-7-9-11-13-23-42(24-14-12-10-8-6-4-2)40-28-31(16-20-38(40)39-22-18-35(44)29-41(39)42)30-15-19-36-32(25-30)26-33-27-34(43)17-21-37(33)36/h15-22,25,27-29,43-44H,3-14,23-24,26H2,1-2H3. The first kappa shape index (κ1) is 30.5. The van der Waals surface area contributed by atoms with E-state index < -0.39 is 0 Å². The van der Waals surface area contributed by atoms with Crippen LogP contribution in [0.4, 0.5) is 0 Å². The second-order valence-electron chi connectivity index (χ2n) is 13.5. The maximum absolute atomic E-state index is 10.7. The molecular formula is C42H50O2. The highest BCUT2D eigenvalue weighted by Crippen LogP contribution is 2.56. The zero-order valence-corrected chi connectivity index (χ0v) is 26.9. The summed E-state index contributed by atoms with van der Waals surface area (Å²) >= 11 is 0. The van der Waals surface area contributed by atoms with Crippen molar-refractivity contribution < 1.29 is 10.2 Å². The summed E-state index contributed by atoms with van der Waals surface area (Å²) in [7, 11) is 0. The molecule has 2 aliphatic rings. The van der Waals surface area contributed by atoms with E-state index in [-0.39, 0.29) is 5.41 Å². The molecule has 2 aliphatic carbocycles. The van der Waals surface area contributed by atoms with Gasteiger partial charge in [-0.3, -0.25) is 0 Å². The van der Waals surface area contributed by atoms with Crippen LogP contribution >= 0.6 is 0 Å². The lowest BCUT2D eigenvalue weighted by atomic mass is 9.70. The van der Waals surface area contributed by atoms with E-state index >= 15 is 0 Å². The molecule has 0 heterocycles. The summed E-state index contributed by atoms with van der Waals surface area (Å²) < 4.78 is 0. The van der Waals surface area contributed by atoms with Crippen molar-refractivity contribution in [1.29, 1.82) is 0 Å². The molecule has 0 fully saturated rings. The number of benzene rings is 4. The van der Waals surface area contributed by atoms with Crippen molar-refractivity contribution in [1.82, 2.24) is 0 Å². The van der Waals surface area contributed by atoms with Crippen molar-refractivity contribution in [3.63, 3.8) is 0 Å². The summed E-state index contributed by atoms with van der Waals surface area (Å²) in [4.78, 5) is 0. The first-order valence-electron chi connectivity index (χ1n) is 17.5. The largest absolute Gasteiger partial charge is 0.508 e. The quantitative estimate of drug-likeness (QED) is 0.120. The Hall–Kier alpha value is -3.52. The molecule has 4 aromatic carbocycles. The Labute approximate surface area is 265 Å². The fourth-order valence-electron chi connectivity index (χ4n) is 8.12. The predicted molar refractivity (Wildman–Crippen MR) is 186 cm³/mol. The minimum absolute atomic E-state index is 0.0561. The average Bonchev–Trinajstić information content (AvgIpc) is 3.52. The number of fused-ring (bicyclic) bond motifs is 6. The molecule has 0 unspecified atom stereocenters. The predicted octanol–water partition coefficient (Wildman–Crippen LogP) is 12.1. The summed E-state index contributed by atoms with van der Waals surface area (Å²) in [6.07, 6.45) is 18.7. The molecule has 0 amide bonds.